The lowest BCUT2D eigenvalue weighted by atomic mass is 9.81. The van der Waals surface area contributed by atoms with E-state index in [4.69, 9.17) is 14.6 Å². The molecule has 0 bridgehead atoms. The van der Waals surface area contributed by atoms with Crippen LogP contribution < -0.4 is 10.6 Å². The first-order valence-electron chi connectivity index (χ1n) is 11.7. The Bertz CT molecular complexity index is 1020. The highest BCUT2D eigenvalue weighted by Crippen LogP contribution is 2.44. The molecule has 2 amide bonds. The summed E-state index contributed by atoms with van der Waals surface area (Å²) in [5.41, 5.74) is 3.72. The van der Waals surface area contributed by atoms with Crippen LogP contribution in [0.15, 0.2) is 48.5 Å². The molecule has 0 saturated carbocycles. The van der Waals surface area contributed by atoms with Gasteiger partial charge in [-0.15, -0.1) is 11.8 Å². The quantitative estimate of drug-likeness (QED) is 0.431. The number of ether oxygens (including phenoxy) is 2. The van der Waals surface area contributed by atoms with Gasteiger partial charge in [0, 0.05) is 31.4 Å². The average Bonchev–Trinajstić information content (AvgIpc) is 3.20. The molecule has 0 spiro atoms. The predicted molar refractivity (Wildman–Crippen MR) is 134 cm³/mol. The van der Waals surface area contributed by atoms with Crippen LogP contribution in [0, 0.1) is 5.41 Å². The van der Waals surface area contributed by atoms with E-state index in [-0.39, 0.29) is 37.3 Å². The van der Waals surface area contributed by atoms with Crippen LogP contribution in [0.1, 0.15) is 29.9 Å². The molecule has 9 heteroatoms. The molecule has 1 unspecified atom stereocenters. The van der Waals surface area contributed by atoms with Crippen molar-refractivity contribution in [3.63, 3.8) is 0 Å². The van der Waals surface area contributed by atoms with Gasteiger partial charge in [-0.05, 0) is 35.1 Å². The van der Waals surface area contributed by atoms with Crippen LogP contribution in [0.25, 0.3) is 11.1 Å². The summed E-state index contributed by atoms with van der Waals surface area (Å²) >= 11 is 1.24. The van der Waals surface area contributed by atoms with Gasteiger partial charge in [-0.2, -0.15) is 0 Å². The monoisotopic (exact) mass is 498 g/mol. The van der Waals surface area contributed by atoms with Gasteiger partial charge in [0.1, 0.15) is 6.61 Å². The van der Waals surface area contributed by atoms with E-state index in [1.807, 2.05) is 24.3 Å². The van der Waals surface area contributed by atoms with Gasteiger partial charge in [-0.3, -0.25) is 9.59 Å². The summed E-state index contributed by atoms with van der Waals surface area (Å²) in [6.45, 7) is 1.46. The van der Waals surface area contributed by atoms with E-state index in [9.17, 15) is 14.4 Å². The van der Waals surface area contributed by atoms with Crippen molar-refractivity contribution in [3.05, 3.63) is 59.7 Å². The van der Waals surface area contributed by atoms with Gasteiger partial charge in [0.05, 0.1) is 17.8 Å². The number of aliphatic carboxylic acids is 1. The minimum atomic E-state index is -0.884. The first kappa shape index (κ1) is 25.1. The van der Waals surface area contributed by atoms with Gasteiger partial charge >= 0.3 is 12.1 Å². The number of hydrogen-bond donors (Lipinski definition) is 3. The molecule has 1 aliphatic heterocycles. The zero-order chi connectivity index (χ0) is 24.7. The SMILES string of the molecule is O=C(O)CSCCNC(=O)C1(CNC(=O)OCC2c3ccccc3-c3ccccc32)CCCOC1. The van der Waals surface area contributed by atoms with Crippen LogP contribution in [0.4, 0.5) is 4.79 Å². The third-order valence-electron chi connectivity index (χ3n) is 6.48. The van der Waals surface area contributed by atoms with Crippen LogP contribution >= 0.6 is 11.8 Å². The van der Waals surface area contributed by atoms with Crippen molar-refractivity contribution < 1.29 is 29.0 Å². The van der Waals surface area contributed by atoms with E-state index < -0.39 is 17.5 Å². The van der Waals surface area contributed by atoms with Crippen molar-refractivity contribution >= 4 is 29.7 Å². The smallest absolute Gasteiger partial charge is 0.407 e. The van der Waals surface area contributed by atoms with Gasteiger partial charge in [0.15, 0.2) is 0 Å². The normalized spacial score (nSPS) is 18.9. The number of benzene rings is 2. The number of nitrogens with one attached hydrogen (secondary N) is 2. The zero-order valence-electron chi connectivity index (χ0n) is 19.5. The van der Waals surface area contributed by atoms with Crippen LogP contribution in [0.5, 0.6) is 0 Å². The van der Waals surface area contributed by atoms with Crippen molar-refractivity contribution in [1.82, 2.24) is 10.6 Å². The molecule has 35 heavy (non-hydrogen) atoms. The van der Waals surface area contributed by atoms with Gasteiger partial charge < -0.3 is 25.2 Å². The molecule has 186 valence electrons. The van der Waals surface area contributed by atoms with Gasteiger partial charge in [-0.25, -0.2) is 4.79 Å². The summed E-state index contributed by atoms with van der Waals surface area (Å²) in [6, 6.07) is 16.3. The van der Waals surface area contributed by atoms with E-state index in [0.717, 1.165) is 22.3 Å². The second-order valence-corrected chi connectivity index (χ2v) is 9.92. The highest BCUT2D eigenvalue weighted by molar-refractivity contribution is 7.99. The van der Waals surface area contributed by atoms with E-state index in [1.54, 1.807) is 0 Å². The summed E-state index contributed by atoms with van der Waals surface area (Å²) in [7, 11) is 0. The van der Waals surface area contributed by atoms with Crippen molar-refractivity contribution in [1.29, 1.82) is 0 Å². The minimum Gasteiger partial charge on any atom is -0.481 e. The van der Waals surface area contributed by atoms with Crippen molar-refractivity contribution in [2.24, 2.45) is 5.41 Å². The molecule has 0 radical (unpaired) electrons. The molecule has 2 aromatic rings. The molecule has 2 aliphatic rings. The molecule has 1 atom stereocenters. The molecular weight excluding hydrogens is 468 g/mol. The maximum Gasteiger partial charge on any atom is 0.407 e. The second-order valence-electron chi connectivity index (χ2n) is 8.82. The number of carbonyl (C=O) groups excluding carboxylic acids is 2. The third-order valence-corrected chi connectivity index (χ3v) is 7.42. The summed E-state index contributed by atoms with van der Waals surface area (Å²) in [4.78, 5) is 36.2. The number of carboxylic acids is 1. The number of carbonyl (C=O) groups is 3. The van der Waals surface area contributed by atoms with Gasteiger partial charge in [0.25, 0.3) is 0 Å². The Morgan fingerprint density at radius 2 is 1.74 bits per heavy atom. The number of thioether (sulfide) groups is 1. The Balaban J connectivity index is 1.32. The van der Waals surface area contributed by atoms with E-state index >= 15 is 0 Å². The summed E-state index contributed by atoms with van der Waals surface area (Å²) < 4.78 is 11.2. The Kier molecular flexibility index (Phi) is 8.30. The number of hydrogen-bond acceptors (Lipinski definition) is 6. The maximum absolute atomic E-state index is 13.0. The molecule has 3 N–H and O–H groups in total. The van der Waals surface area contributed by atoms with Crippen molar-refractivity contribution in [2.75, 3.05) is 44.4 Å². The van der Waals surface area contributed by atoms with E-state index in [2.05, 4.69) is 34.9 Å². The van der Waals surface area contributed by atoms with Crippen LogP contribution in [0.2, 0.25) is 0 Å². The Morgan fingerprint density at radius 3 is 2.37 bits per heavy atom. The Morgan fingerprint density at radius 1 is 1.06 bits per heavy atom. The molecular formula is C26H30N2O6S. The number of amides is 2. The largest absolute Gasteiger partial charge is 0.481 e. The molecule has 8 nitrogen and oxygen atoms in total. The fourth-order valence-corrected chi connectivity index (χ4v) is 5.29. The highest BCUT2D eigenvalue weighted by atomic mass is 32.2. The molecule has 2 aromatic carbocycles. The van der Waals surface area contributed by atoms with Crippen LogP contribution in [0.3, 0.4) is 0 Å². The highest BCUT2D eigenvalue weighted by Gasteiger charge is 2.41. The molecule has 1 fully saturated rings. The lowest BCUT2D eigenvalue weighted by molar-refractivity contribution is -0.138. The summed E-state index contributed by atoms with van der Waals surface area (Å²) in [6.07, 6.45) is 0.736. The van der Waals surface area contributed by atoms with Crippen LogP contribution in [-0.2, 0) is 19.1 Å². The Labute approximate surface area is 208 Å². The molecule has 1 heterocycles. The van der Waals surface area contributed by atoms with Crippen molar-refractivity contribution in [2.45, 2.75) is 18.8 Å². The fourth-order valence-electron chi connectivity index (χ4n) is 4.73. The number of carboxylic acid groups (broad SMARTS) is 1. The fraction of sp³-hybridized carbons (Fsp3) is 0.423. The van der Waals surface area contributed by atoms with Crippen LogP contribution in [-0.4, -0.2) is 67.5 Å². The topological polar surface area (TPSA) is 114 Å². The number of alkyl carbamates (subject to hydrolysis) is 1. The summed E-state index contributed by atoms with van der Waals surface area (Å²) in [5.74, 6) is -0.632. The first-order valence-corrected chi connectivity index (χ1v) is 12.9. The number of rotatable bonds is 10. The lowest BCUT2D eigenvalue weighted by Gasteiger charge is -2.35. The summed E-state index contributed by atoms with van der Waals surface area (Å²) in [5, 5.41) is 14.4. The first-order chi connectivity index (χ1) is 17.0. The average molecular weight is 499 g/mol. The molecule has 0 aromatic heterocycles. The molecule has 1 saturated heterocycles. The van der Waals surface area contributed by atoms with E-state index in [1.165, 1.54) is 11.8 Å². The second kappa shape index (κ2) is 11.6. The molecule has 1 aliphatic carbocycles. The Hall–Kier alpha value is -3.04. The zero-order valence-corrected chi connectivity index (χ0v) is 20.3. The maximum atomic E-state index is 13.0. The number of fused-ring (bicyclic) bond motifs is 3. The lowest BCUT2D eigenvalue weighted by Crippen LogP contribution is -2.53. The van der Waals surface area contributed by atoms with Crippen molar-refractivity contribution in [3.8, 4) is 11.1 Å². The van der Waals surface area contributed by atoms with E-state index in [0.29, 0.717) is 31.7 Å². The predicted octanol–water partition coefficient (Wildman–Crippen LogP) is 3.26. The van der Waals surface area contributed by atoms with Gasteiger partial charge in [-0.1, -0.05) is 48.5 Å². The van der Waals surface area contributed by atoms with Gasteiger partial charge in [0.2, 0.25) is 5.91 Å². The molecule has 4 rings (SSSR count). The standard InChI is InChI=1S/C26H30N2O6S/c29-23(30)15-35-13-11-27-24(31)26(10-5-12-33-17-26)16-28-25(32)34-14-22-20-8-3-1-6-18(20)19-7-2-4-9-21(19)22/h1-4,6-9,22H,5,10-17H2,(H,27,31)(H,28,32)(H,29,30). The third kappa shape index (κ3) is 5.97. The minimum absolute atomic E-state index is 0.00648.